The molecule has 0 bridgehead atoms. The van der Waals surface area contributed by atoms with Crippen molar-refractivity contribution in [2.45, 2.75) is 25.8 Å². The second-order valence-electron chi connectivity index (χ2n) is 5.73. The van der Waals surface area contributed by atoms with Gasteiger partial charge >= 0.3 is 6.03 Å². The van der Waals surface area contributed by atoms with Crippen LogP contribution in [0.25, 0.3) is 0 Å². The fourth-order valence-corrected chi connectivity index (χ4v) is 2.75. The molecule has 24 heavy (non-hydrogen) atoms. The summed E-state index contributed by atoms with van der Waals surface area (Å²) in [7, 11) is 0. The third-order valence-electron chi connectivity index (χ3n) is 4.01. The number of carbonyl (C=O) groups is 2. The lowest BCUT2D eigenvalue weighted by atomic mass is 10.1. The first kappa shape index (κ1) is 16.0. The van der Waals surface area contributed by atoms with E-state index in [4.69, 9.17) is 0 Å². The summed E-state index contributed by atoms with van der Waals surface area (Å²) in [5.74, 6) is -0.936. The summed E-state index contributed by atoms with van der Waals surface area (Å²) in [4.78, 5) is 23.5. The maximum absolute atomic E-state index is 12.8. The molecule has 3 amide bonds. The summed E-state index contributed by atoms with van der Waals surface area (Å²) < 4.78 is 12.8. The first-order valence-corrected chi connectivity index (χ1v) is 7.82. The minimum Gasteiger partial charge on any atom is -0.333 e. The van der Waals surface area contributed by atoms with E-state index < -0.39 is 17.8 Å². The Kier molecular flexibility index (Phi) is 4.74. The summed E-state index contributed by atoms with van der Waals surface area (Å²) in [6, 6.07) is 10.8. The van der Waals surface area contributed by atoms with Crippen LogP contribution in [0.4, 0.5) is 9.18 Å². The van der Waals surface area contributed by atoms with Crippen molar-refractivity contribution < 1.29 is 14.0 Å². The fourth-order valence-electron chi connectivity index (χ4n) is 2.75. The van der Waals surface area contributed by atoms with Crippen molar-refractivity contribution in [1.82, 2.24) is 16.2 Å². The molecule has 1 aliphatic carbocycles. The molecule has 0 atom stereocenters. The number of amides is 3. The van der Waals surface area contributed by atoms with Crippen LogP contribution in [-0.2, 0) is 19.4 Å². The molecule has 0 saturated carbocycles. The van der Waals surface area contributed by atoms with Gasteiger partial charge in [0.2, 0.25) is 0 Å². The van der Waals surface area contributed by atoms with Crippen LogP contribution < -0.4 is 16.2 Å². The SMILES string of the molecule is O=C(NCc1ccc2c(c1)CCC2)NNC(=O)c1ccc(F)cc1. The largest absolute Gasteiger partial charge is 0.333 e. The number of hydrogen-bond acceptors (Lipinski definition) is 2. The van der Waals surface area contributed by atoms with Gasteiger partial charge in [-0.05, 0) is 60.2 Å². The highest BCUT2D eigenvalue weighted by molar-refractivity contribution is 5.95. The van der Waals surface area contributed by atoms with Crippen LogP contribution in [-0.4, -0.2) is 11.9 Å². The third kappa shape index (κ3) is 3.90. The molecule has 0 fully saturated rings. The van der Waals surface area contributed by atoms with E-state index in [2.05, 4.69) is 28.3 Å². The predicted molar refractivity (Wildman–Crippen MR) is 87.7 cm³/mol. The number of hydrazine groups is 1. The molecule has 0 aliphatic heterocycles. The van der Waals surface area contributed by atoms with Crippen LogP contribution in [0.5, 0.6) is 0 Å². The van der Waals surface area contributed by atoms with E-state index >= 15 is 0 Å². The lowest BCUT2D eigenvalue weighted by Gasteiger charge is -2.10. The Bertz CT molecular complexity index is 759. The molecule has 0 unspecified atom stereocenters. The standard InChI is InChI=1S/C18H18FN3O2/c19-16-8-6-14(7-9-16)17(23)21-22-18(24)20-11-12-4-5-13-2-1-3-15(13)10-12/h4-10H,1-3,11H2,(H,21,23)(H2,20,22,24). The van der Waals surface area contributed by atoms with Crippen LogP contribution in [0.15, 0.2) is 42.5 Å². The fraction of sp³-hybridized carbons (Fsp3) is 0.222. The molecule has 2 aromatic carbocycles. The molecule has 3 rings (SSSR count). The zero-order chi connectivity index (χ0) is 16.9. The Morgan fingerprint density at radius 1 is 0.958 bits per heavy atom. The van der Waals surface area contributed by atoms with E-state index in [-0.39, 0.29) is 5.56 Å². The molecule has 2 aromatic rings. The van der Waals surface area contributed by atoms with E-state index in [1.807, 2.05) is 6.07 Å². The van der Waals surface area contributed by atoms with Crippen molar-refractivity contribution in [2.75, 3.05) is 0 Å². The van der Waals surface area contributed by atoms with Crippen LogP contribution in [0.3, 0.4) is 0 Å². The molecule has 0 saturated heterocycles. The number of aryl methyl sites for hydroxylation is 2. The van der Waals surface area contributed by atoms with Crippen molar-refractivity contribution in [3.05, 3.63) is 70.5 Å². The van der Waals surface area contributed by atoms with Gasteiger partial charge in [0.1, 0.15) is 5.82 Å². The van der Waals surface area contributed by atoms with Gasteiger partial charge in [-0.15, -0.1) is 0 Å². The topological polar surface area (TPSA) is 70.2 Å². The first-order valence-electron chi connectivity index (χ1n) is 7.82. The summed E-state index contributed by atoms with van der Waals surface area (Å²) in [5.41, 5.74) is 8.56. The van der Waals surface area contributed by atoms with Gasteiger partial charge in [-0.25, -0.2) is 14.6 Å². The highest BCUT2D eigenvalue weighted by Gasteiger charge is 2.11. The normalized spacial score (nSPS) is 12.4. The Morgan fingerprint density at radius 3 is 2.50 bits per heavy atom. The lowest BCUT2D eigenvalue weighted by Crippen LogP contribution is -2.46. The number of halogens is 1. The van der Waals surface area contributed by atoms with E-state index in [9.17, 15) is 14.0 Å². The highest BCUT2D eigenvalue weighted by Crippen LogP contribution is 2.22. The number of fused-ring (bicyclic) bond motifs is 1. The number of urea groups is 1. The van der Waals surface area contributed by atoms with Gasteiger partial charge in [0.05, 0.1) is 0 Å². The number of rotatable bonds is 3. The van der Waals surface area contributed by atoms with Gasteiger partial charge in [0.25, 0.3) is 5.91 Å². The zero-order valence-corrected chi connectivity index (χ0v) is 13.1. The van der Waals surface area contributed by atoms with Crippen LogP contribution in [0.1, 0.15) is 33.5 Å². The molecular formula is C18H18FN3O2. The van der Waals surface area contributed by atoms with E-state index in [0.29, 0.717) is 6.54 Å². The quantitative estimate of drug-likeness (QED) is 0.758. The molecular weight excluding hydrogens is 309 g/mol. The minimum absolute atomic E-state index is 0.260. The van der Waals surface area contributed by atoms with Gasteiger partial charge in [-0.3, -0.25) is 10.2 Å². The lowest BCUT2D eigenvalue weighted by molar-refractivity contribution is 0.0936. The molecule has 0 spiro atoms. The first-order chi connectivity index (χ1) is 11.6. The van der Waals surface area contributed by atoms with Crippen molar-refractivity contribution >= 4 is 11.9 Å². The number of nitrogens with one attached hydrogen (secondary N) is 3. The monoisotopic (exact) mass is 327 g/mol. The van der Waals surface area contributed by atoms with Gasteiger partial charge in [-0.2, -0.15) is 0 Å². The van der Waals surface area contributed by atoms with E-state index in [0.717, 1.165) is 18.4 Å². The molecule has 0 radical (unpaired) electrons. The maximum Gasteiger partial charge on any atom is 0.333 e. The molecule has 1 aliphatic rings. The third-order valence-corrected chi connectivity index (χ3v) is 4.01. The second kappa shape index (κ2) is 7.12. The van der Waals surface area contributed by atoms with Crippen LogP contribution in [0, 0.1) is 5.82 Å². The van der Waals surface area contributed by atoms with Crippen LogP contribution in [0.2, 0.25) is 0 Å². The summed E-state index contributed by atoms with van der Waals surface area (Å²) >= 11 is 0. The Hall–Kier alpha value is -2.89. The summed E-state index contributed by atoms with van der Waals surface area (Å²) in [6.45, 7) is 0.380. The molecule has 0 aromatic heterocycles. The van der Waals surface area contributed by atoms with Crippen molar-refractivity contribution in [2.24, 2.45) is 0 Å². The van der Waals surface area contributed by atoms with Gasteiger partial charge in [0.15, 0.2) is 0 Å². The Labute approximate surface area is 139 Å². The molecule has 124 valence electrons. The summed E-state index contributed by atoms with van der Waals surface area (Å²) in [5, 5.41) is 2.68. The Balaban J connectivity index is 1.46. The Morgan fingerprint density at radius 2 is 1.71 bits per heavy atom. The molecule has 0 heterocycles. The minimum atomic E-state index is -0.511. The van der Waals surface area contributed by atoms with Crippen LogP contribution >= 0.6 is 0 Å². The van der Waals surface area contributed by atoms with Crippen molar-refractivity contribution in [1.29, 1.82) is 0 Å². The molecule has 3 N–H and O–H groups in total. The highest BCUT2D eigenvalue weighted by atomic mass is 19.1. The smallest absolute Gasteiger partial charge is 0.333 e. The van der Waals surface area contributed by atoms with Gasteiger partial charge in [0, 0.05) is 12.1 Å². The second-order valence-corrected chi connectivity index (χ2v) is 5.73. The molecule has 5 nitrogen and oxygen atoms in total. The number of benzene rings is 2. The molecule has 6 heteroatoms. The average molecular weight is 327 g/mol. The van der Waals surface area contributed by atoms with Gasteiger partial charge in [-0.1, -0.05) is 18.2 Å². The number of hydrogen-bond donors (Lipinski definition) is 3. The van der Waals surface area contributed by atoms with E-state index in [1.54, 1.807) is 0 Å². The zero-order valence-electron chi connectivity index (χ0n) is 13.1. The number of carbonyl (C=O) groups excluding carboxylic acids is 2. The van der Waals surface area contributed by atoms with E-state index in [1.165, 1.54) is 41.8 Å². The predicted octanol–water partition coefficient (Wildman–Crippen LogP) is 2.46. The van der Waals surface area contributed by atoms with Gasteiger partial charge < -0.3 is 5.32 Å². The average Bonchev–Trinajstić information content (AvgIpc) is 3.06. The summed E-state index contributed by atoms with van der Waals surface area (Å²) in [6.07, 6.45) is 3.39. The van der Waals surface area contributed by atoms with Crippen molar-refractivity contribution in [3.8, 4) is 0 Å². The van der Waals surface area contributed by atoms with Crippen molar-refractivity contribution in [3.63, 3.8) is 0 Å². The maximum atomic E-state index is 12.8.